The predicted octanol–water partition coefficient (Wildman–Crippen LogP) is 1.32. The van der Waals surface area contributed by atoms with Crippen molar-refractivity contribution in [3.63, 3.8) is 0 Å². The van der Waals surface area contributed by atoms with E-state index in [4.69, 9.17) is 5.11 Å². The SMILES string of the molecule is OCCC1(CNc2ncnc3nc[nH]c23)CCC1. The number of aliphatic hydroxyl groups excluding tert-OH is 1. The molecule has 0 unspecified atom stereocenters. The molecular weight excluding hydrogens is 230 g/mol. The van der Waals surface area contributed by atoms with Gasteiger partial charge in [0.05, 0.1) is 6.33 Å². The van der Waals surface area contributed by atoms with E-state index in [1.165, 1.54) is 25.6 Å². The van der Waals surface area contributed by atoms with Gasteiger partial charge in [-0.3, -0.25) is 0 Å². The van der Waals surface area contributed by atoms with Crippen molar-refractivity contribution in [3.05, 3.63) is 12.7 Å². The molecule has 0 aliphatic heterocycles. The van der Waals surface area contributed by atoms with Gasteiger partial charge in [0, 0.05) is 13.2 Å². The van der Waals surface area contributed by atoms with Crippen LogP contribution in [0, 0.1) is 5.41 Å². The van der Waals surface area contributed by atoms with Gasteiger partial charge in [-0.15, -0.1) is 0 Å². The zero-order valence-corrected chi connectivity index (χ0v) is 10.2. The molecule has 1 aliphatic carbocycles. The van der Waals surface area contributed by atoms with Crippen LogP contribution >= 0.6 is 0 Å². The normalized spacial score (nSPS) is 17.6. The molecule has 6 nitrogen and oxygen atoms in total. The Morgan fingerprint density at radius 1 is 1.33 bits per heavy atom. The molecule has 0 spiro atoms. The van der Waals surface area contributed by atoms with Gasteiger partial charge in [-0.1, -0.05) is 6.42 Å². The smallest absolute Gasteiger partial charge is 0.182 e. The van der Waals surface area contributed by atoms with E-state index in [1.807, 2.05) is 0 Å². The maximum absolute atomic E-state index is 9.13. The molecule has 3 rings (SSSR count). The first-order chi connectivity index (χ1) is 8.83. The van der Waals surface area contributed by atoms with Crippen LogP contribution in [0.2, 0.25) is 0 Å². The van der Waals surface area contributed by atoms with Gasteiger partial charge in [0.15, 0.2) is 11.5 Å². The van der Waals surface area contributed by atoms with E-state index in [-0.39, 0.29) is 12.0 Å². The average Bonchev–Trinajstić information content (AvgIpc) is 2.81. The third-order valence-electron chi connectivity index (χ3n) is 3.91. The Hall–Kier alpha value is -1.69. The van der Waals surface area contributed by atoms with Crippen LogP contribution in [-0.2, 0) is 0 Å². The van der Waals surface area contributed by atoms with Gasteiger partial charge in [0.25, 0.3) is 0 Å². The number of rotatable bonds is 5. The molecule has 1 saturated carbocycles. The Kier molecular flexibility index (Phi) is 2.87. The minimum absolute atomic E-state index is 0.242. The molecule has 3 N–H and O–H groups in total. The Bertz CT molecular complexity index is 534. The van der Waals surface area contributed by atoms with Crippen molar-refractivity contribution in [1.29, 1.82) is 0 Å². The van der Waals surface area contributed by atoms with E-state index in [2.05, 4.69) is 25.3 Å². The standard InChI is InChI=1S/C12H17N5O/c18-5-4-12(2-1-3-12)6-13-10-9-11(15-7-14-9)17-8-16-10/h7-8,18H,1-6H2,(H2,13,14,15,16,17). The number of hydrogen-bond donors (Lipinski definition) is 3. The van der Waals surface area contributed by atoms with Crippen LogP contribution in [0.25, 0.3) is 11.2 Å². The van der Waals surface area contributed by atoms with Crippen LogP contribution in [0.5, 0.6) is 0 Å². The van der Waals surface area contributed by atoms with E-state index in [9.17, 15) is 0 Å². The fourth-order valence-electron chi connectivity index (χ4n) is 2.60. The van der Waals surface area contributed by atoms with Crippen LogP contribution in [-0.4, -0.2) is 38.2 Å². The van der Waals surface area contributed by atoms with E-state index < -0.39 is 0 Å². The highest BCUT2D eigenvalue weighted by molar-refractivity contribution is 5.81. The quantitative estimate of drug-likeness (QED) is 0.741. The third kappa shape index (κ3) is 1.92. The zero-order chi connectivity index (χ0) is 12.4. The highest BCUT2D eigenvalue weighted by Gasteiger charge is 2.36. The summed E-state index contributed by atoms with van der Waals surface area (Å²) in [5.74, 6) is 0.793. The summed E-state index contributed by atoms with van der Waals surface area (Å²) in [5.41, 5.74) is 1.76. The minimum Gasteiger partial charge on any atom is -0.396 e. The summed E-state index contributed by atoms with van der Waals surface area (Å²) >= 11 is 0. The number of fused-ring (bicyclic) bond motifs is 1. The summed E-state index contributed by atoms with van der Waals surface area (Å²) in [4.78, 5) is 15.5. The van der Waals surface area contributed by atoms with Gasteiger partial charge in [-0.05, 0) is 24.7 Å². The van der Waals surface area contributed by atoms with E-state index in [1.54, 1.807) is 6.33 Å². The van der Waals surface area contributed by atoms with Gasteiger partial charge >= 0.3 is 0 Å². The highest BCUT2D eigenvalue weighted by atomic mass is 16.3. The number of H-pyrrole nitrogens is 1. The number of anilines is 1. The van der Waals surface area contributed by atoms with Crippen LogP contribution in [0.3, 0.4) is 0 Å². The fraction of sp³-hybridized carbons (Fsp3) is 0.583. The van der Waals surface area contributed by atoms with Gasteiger partial charge < -0.3 is 15.4 Å². The molecule has 0 amide bonds. The maximum Gasteiger partial charge on any atom is 0.182 e. The molecule has 0 aromatic carbocycles. The number of aromatic amines is 1. The molecule has 2 aromatic rings. The largest absolute Gasteiger partial charge is 0.396 e. The number of aromatic nitrogens is 4. The first-order valence-electron chi connectivity index (χ1n) is 6.32. The van der Waals surface area contributed by atoms with E-state index in [0.717, 1.165) is 24.3 Å². The van der Waals surface area contributed by atoms with Crippen molar-refractivity contribution in [2.45, 2.75) is 25.7 Å². The lowest BCUT2D eigenvalue weighted by Crippen LogP contribution is -2.37. The molecule has 1 aliphatic rings. The second-order valence-electron chi connectivity index (χ2n) is 5.00. The summed E-state index contributed by atoms with van der Waals surface area (Å²) in [6.45, 7) is 1.10. The number of hydrogen-bond acceptors (Lipinski definition) is 5. The van der Waals surface area contributed by atoms with Crippen molar-refractivity contribution in [3.8, 4) is 0 Å². The van der Waals surface area contributed by atoms with Crippen LogP contribution in [0.4, 0.5) is 5.82 Å². The number of imidazole rings is 1. The van der Waals surface area contributed by atoms with Crippen LogP contribution in [0.15, 0.2) is 12.7 Å². The molecule has 18 heavy (non-hydrogen) atoms. The molecular formula is C12H17N5O. The number of aliphatic hydroxyl groups is 1. The van der Waals surface area contributed by atoms with Gasteiger partial charge in [-0.25, -0.2) is 15.0 Å². The summed E-state index contributed by atoms with van der Waals surface area (Å²) in [6, 6.07) is 0. The summed E-state index contributed by atoms with van der Waals surface area (Å²) in [7, 11) is 0. The molecule has 0 atom stereocenters. The molecule has 2 aromatic heterocycles. The highest BCUT2D eigenvalue weighted by Crippen LogP contribution is 2.43. The van der Waals surface area contributed by atoms with E-state index in [0.29, 0.717) is 5.65 Å². The topological polar surface area (TPSA) is 86.7 Å². The van der Waals surface area contributed by atoms with Crippen molar-refractivity contribution in [2.75, 3.05) is 18.5 Å². The number of nitrogens with zero attached hydrogens (tertiary/aromatic N) is 3. The second-order valence-corrected chi connectivity index (χ2v) is 5.00. The molecule has 0 saturated heterocycles. The maximum atomic E-state index is 9.13. The Labute approximate surface area is 105 Å². The molecule has 96 valence electrons. The van der Waals surface area contributed by atoms with E-state index >= 15 is 0 Å². The Morgan fingerprint density at radius 2 is 2.22 bits per heavy atom. The Balaban J connectivity index is 1.74. The Morgan fingerprint density at radius 3 is 2.94 bits per heavy atom. The summed E-state index contributed by atoms with van der Waals surface area (Å²) in [5, 5.41) is 12.5. The molecule has 6 heteroatoms. The van der Waals surface area contributed by atoms with Crippen molar-refractivity contribution in [1.82, 2.24) is 19.9 Å². The molecule has 2 heterocycles. The fourth-order valence-corrected chi connectivity index (χ4v) is 2.60. The lowest BCUT2D eigenvalue weighted by atomic mass is 9.67. The van der Waals surface area contributed by atoms with Crippen LogP contribution < -0.4 is 5.32 Å². The van der Waals surface area contributed by atoms with Crippen molar-refractivity contribution < 1.29 is 5.11 Å². The monoisotopic (exact) mass is 247 g/mol. The third-order valence-corrected chi connectivity index (χ3v) is 3.91. The summed E-state index contributed by atoms with van der Waals surface area (Å²) < 4.78 is 0. The van der Waals surface area contributed by atoms with Crippen LogP contribution in [0.1, 0.15) is 25.7 Å². The van der Waals surface area contributed by atoms with Gasteiger partial charge in [-0.2, -0.15) is 0 Å². The predicted molar refractivity (Wildman–Crippen MR) is 68.2 cm³/mol. The van der Waals surface area contributed by atoms with Crippen molar-refractivity contribution >= 4 is 17.0 Å². The molecule has 0 bridgehead atoms. The number of nitrogens with one attached hydrogen (secondary N) is 2. The lowest BCUT2D eigenvalue weighted by Gasteiger charge is -2.41. The second kappa shape index (κ2) is 4.53. The molecule has 1 fully saturated rings. The first kappa shape index (κ1) is 11.4. The van der Waals surface area contributed by atoms with Gasteiger partial charge in [0.1, 0.15) is 11.8 Å². The van der Waals surface area contributed by atoms with Gasteiger partial charge in [0.2, 0.25) is 0 Å². The first-order valence-corrected chi connectivity index (χ1v) is 6.32. The van der Waals surface area contributed by atoms with Crippen molar-refractivity contribution in [2.24, 2.45) is 5.41 Å². The summed E-state index contributed by atoms with van der Waals surface area (Å²) in [6.07, 6.45) is 7.61. The molecule has 0 radical (unpaired) electrons. The zero-order valence-electron chi connectivity index (χ0n) is 10.2. The average molecular weight is 247 g/mol. The lowest BCUT2D eigenvalue weighted by molar-refractivity contribution is 0.102. The minimum atomic E-state index is 0.242.